The Hall–Kier alpha value is -2.25. The van der Waals surface area contributed by atoms with E-state index in [1.807, 2.05) is 12.1 Å². The van der Waals surface area contributed by atoms with Crippen molar-refractivity contribution < 1.29 is 18.7 Å². The standard InChI is InChI=1S/C20H18BrFN2O3/c1-26-20(25)13-3-5-17-18(10-13)24(11-14-6-7-27-14)19(23-17)9-12-2-4-15(21)16(22)8-12/h2-5,8,10,14H,6-7,9,11H2,1H3/t14-/m0/s1. The molecule has 4 rings (SSSR count). The highest BCUT2D eigenvalue weighted by Crippen LogP contribution is 2.25. The van der Waals surface area contributed by atoms with Crippen LogP contribution in [0.15, 0.2) is 40.9 Å². The van der Waals surface area contributed by atoms with Crippen LogP contribution in [0.25, 0.3) is 11.0 Å². The number of benzene rings is 2. The summed E-state index contributed by atoms with van der Waals surface area (Å²) < 4.78 is 26.8. The molecule has 0 radical (unpaired) electrons. The van der Waals surface area contributed by atoms with Crippen molar-refractivity contribution in [2.45, 2.75) is 25.5 Å². The minimum absolute atomic E-state index is 0.129. The number of rotatable bonds is 5. The second kappa shape index (κ2) is 7.40. The molecule has 2 heterocycles. The number of fused-ring (bicyclic) bond motifs is 1. The Balaban J connectivity index is 1.76. The summed E-state index contributed by atoms with van der Waals surface area (Å²) in [6.07, 6.45) is 1.60. The van der Waals surface area contributed by atoms with Gasteiger partial charge < -0.3 is 14.0 Å². The van der Waals surface area contributed by atoms with Gasteiger partial charge in [0.1, 0.15) is 11.6 Å². The summed E-state index contributed by atoms with van der Waals surface area (Å²) in [6, 6.07) is 10.4. The van der Waals surface area contributed by atoms with Gasteiger partial charge in [-0.05, 0) is 58.2 Å². The van der Waals surface area contributed by atoms with Crippen molar-refractivity contribution in [3.05, 3.63) is 63.6 Å². The van der Waals surface area contributed by atoms with Crippen LogP contribution in [-0.2, 0) is 22.4 Å². The number of imidazole rings is 1. The fraction of sp³-hybridized carbons (Fsp3) is 0.300. The first-order valence-corrected chi connectivity index (χ1v) is 9.47. The molecular formula is C20H18BrFN2O3. The minimum atomic E-state index is -0.388. The Morgan fingerprint density at radius 1 is 1.37 bits per heavy atom. The molecule has 0 saturated carbocycles. The van der Waals surface area contributed by atoms with Gasteiger partial charge in [0, 0.05) is 13.0 Å². The van der Waals surface area contributed by atoms with Crippen molar-refractivity contribution in [3.63, 3.8) is 0 Å². The molecule has 3 aromatic rings. The Morgan fingerprint density at radius 3 is 2.85 bits per heavy atom. The molecule has 1 saturated heterocycles. The molecule has 0 N–H and O–H groups in total. The third-order valence-electron chi connectivity index (χ3n) is 4.77. The maximum Gasteiger partial charge on any atom is 0.337 e. The van der Waals surface area contributed by atoms with Gasteiger partial charge in [-0.25, -0.2) is 14.2 Å². The number of methoxy groups -OCH3 is 1. The normalized spacial score (nSPS) is 16.3. The number of nitrogens with zero attached hydrogens (tertiary/aromatic N) is 2. The van der Waals surface area contributed by atoms with Crippen LogP contribution in [0.3, 0.4) is 0 Å². The number of aromatic nitrogens is 2. The Morgan fingerprint density at radius 2 is 2.19 bits per heavy atom. The maximum atomic E-state index is 13.9. The van der Waals surface area contributed by atoms with E-state index in [1.165, 1.54) is 13.2 Å². The molecular weight excluding hydrogens is 415 g/mol. The molecule has 7 heteroatoms. The zero-order valence-corrected chi connectivity index (χ0v) is 16.3. The van der Waals surface area contributed by atoms with Crippen LogP contribution in [0.2, 0.25) is 0 Å². The molecule has 1 atom stereocenters. The molecule has 1 aliphatic heterocycles. The summed E-state index contributed by atoms with van der Waals surface area (Å²) in [6.45, 7) is 1.41. The lowest BCUT2D eigenvalue weighted by Crippen LogP contribution is -2.31. The SMILES string of the molecule is COC(=O)c1ccc2nc(Cc3ccc(Br)c(F)c3)n(C[C@@H]3CCO3)c2c1. The van der Waals surface area contributed by atoms with Crippen LogP contribution in [0.4, 0.5) is 4.39 Å². The van der Waals surface area contributed by atoms with Crippen molar-refractivity contribution in [2.75, 3.05) is 13.7 Å². The van der Waals surface area contributed by atoms with Crippen molar-refractivity contribution in [3.8, 4) is 0 Å². The zero-order valence-electron chi connectivity index (χ0n) is 14.7. The lowest BCUT2D eigenvalue weighted by atomic mass is 10.1. The highest BCUT2D eigenvalue weighted by Gasteiger charge is 2.22. The first kappa shape index (κ1) is 18.1. The summed E-state index contributed by atoms with van der Waals surface area (Å²) in [5.74, 6) is 0.121. The van der Waals surface area contributed by atoms with E-state index < -0.39 is 0 Å². The summed E-state index contributed by atoms with van der Waals surface area (Å²) in [5.41, 5.74) is 2.94. The van der Waals surface area contributed by atoms with Crippen LogP contribution in [0.5, 0.6) is 0 Å². The lowest BCUT2D eigenvalue weighted by molar-refractivity contribution is -0.0589. The Bertz CT molecular complexity index is 1010. The van der Waals surface area contributed by atoms with E-state index >= 15 is 0 Å². The molecule has 1 fully saturated rings. The number of ether oxygens (including phenoxy) is 2. The number of hydrogen-bond donors (Lipinski definition) is 0. The largest absolute Gasteiger partial charge is 0.465 e. The predicted octanol–water partition coefficient (Wildman–Crippen LogP) is 4.10. The topological polar surface area (TPSA) is 53.3 Å². The van der Waals surface area contributed by atoms with Crippen LogP contribution >= 0.6 is 15.9 Å². The Kier molecular flexibility index (Phi) is 4.97. The van der Waals surface area contributed by atoms with Crippen LogP contribution in [0, 0.1) is 5.82 Å². The summed E-state index contributed by atoms with van der Waals surface area (Å²) in [4.78, 5) is 16.6. The van der Waals surface area contributed by atoms with Crippen molar-refractivity contribution in [1.82, 2.24) is 9.55 Å². The molecule has 0 bridgehead atoms. The molecule has 1 aliphatic rings. The van der Waals surface area contributed by atoms with Crippen LogP contribution in [-0.4, -0.2) is 35.3 Å². The van der Waals surface area contributed by atoms with E-state index in [4.69, 9.17) is 14.5 Å². The minimum Gasteiger partial charge on any atom is -0.465 e. The fourth-order valence-electron chi connectivity index (χ4n) is 3.22. The second-order valence-electron chi connectivity index (χ2n) is 6.54. The number of halogens is 2. The predicted molar refractivity (Wildman–Crippen MR) is 102 cm³/mol. The summed E-state index contributed by atoms with van der Waals surface area (Å²) >= 11 is 3.18. The van der Waals surface area contributed by atoms with E-state index in [-0.39, 0.29) is 17.9 Å². The van der Waals surface area contributed by atoms with Gasteiger partial charge in [0.2, 0.25) is 0 Å². The van der Waals surface area contributed by atoms with Crippen LogP contribution in [0.1, 0.15) is 28.2 Å². The van der Waals surface area contributed by atoms with E-state index in [9.17, 15) is 9.18 Å². The molecule has 2 aromatic carbocycles. The fourth-order valence-corrected chi connectivity index (χ4v) is 3.47. The average molecular weight is 433 g/mol. The first-order chi connectivity index (χ1) is 13.0. The molecule has 27 heavy (non-hydrogen) atoms. The monoisotopic (exact) mass is 432 g/mol. The van der Waals surface area contributed by atoms with Crippen molar-refractivity contribution in [2.24, 2.45) is 0 Å². The lowest BCUT2D eigenvalue weighted by Gasteiger charge is -2.27. The molecule has 1 aromatic heterocycles. The number of hydrogen-bond acceptors (Lipinski definition) is 4. The quantitative estimate of drug-likeness (QED) is 0.569. The van der Waals surface area contributed by atoms with Crippen molar-refractivity contribution >= 4 is 32.9 Å². The zero-order chi connectivity index (χ0) is 19.0. The Labute approximate surface area is 164 Å². The molecule has 140 valence electrons. The third-order valence-corrected chi connectivity index (χ3v) is 5.42. The highest BCUT2D eigenvalue weighted by molar-refractivity contribution is 9.10. The van der Waals surface area contributed by atoms with Gasteiger partial charge >= 0.3 is 5.97 Å². The third kappa shape index (κ3) is 3.61. The molecule has 0 amide bonds. The van der Waals surface area contributed by atoms with Gasteiger partial charge in [0.05, 0.1) is 40.8 Å². The molecule has 5 nitrogen and oxygen atoms in total. The van der Waals surface area contributed by atoms with Gasteiger partial charge in [-0.3, -0.25) is 0 Å². The van der Waals surface area contributed by atoms with Crippen LogP contribution < -0.4 is 0 Å². The summed E-state index contributed by atoms with van der Waals surface area (Å²) in [7, 11) is 1.36. The smallest absolute Gasteiger partial charge is 0.337 e. The van der Waals surface area contributed by atoms with E-state index in [2.05, 4.69) is 20.5 Å². The summed E-state index contributed by atoms with van der Waals surface area (Å²) in [5, 5.41) is 0. The van der Waals surface area contributed by atoms with Gasteiger partial charge in [-0.2, -0.15) is 0 Å². The van der Waals surface area contributed by atoms with Gasteiger partial charge in [-0.15, -0.1) is 0 Å². The molecule has 0 aliphatic carbocycles. The van der Waals surface area contributed by atoms with Gasteiger partial charge in [0.25, 0.3) is 0 Å². The second-order valence-corrected chi connectivity index (χ2v) is 7.39. The number of esters is 1. The molecule has 0 spiro atoms. The van der Waals surface area contributed by atoms with Gasteiger partial charge in [-0.1, -0.05) is 6.07 Å². The van der Waals surface area contributed by atoms with E-state index in [0.29, 0.717) is 23.0 Å². The van der Waals surface area contributed by atoms with E-state index in [0.717, 1.165) is 35.4 Å². The van der Waals surface area contributed by atoms with Crippen molar-refractivity contribution in [1.29, 1.82) is 0 Å². The maximum absolute atomic E-state index is 13.9. The number of carbonyl (C=O) groups excluding carboxylic acids is 1. The average Bonchev–Trinajstić information content (AvgIpc) is 2.96. The highest BCUT2D eigenvalue weighted by atomic mass is 79.9. The first-order valence-electron chi connectivity index (χ1n) is 8.68. The number of carbonyl (C=O) groups is 1. The van der Waals surface area contributed by atoms with E-state index in [1.54, 1.807) is 18.2 Å². The van der Waals surface area contributed by atoms with Gasteiger partial charge in [0.15, 0.2) is 0 Å². The molecule has 0 unspecified atom stereocenters.